The molecule has 152 valence electrons. The van der Waals surface area contributed by atoms with E-state index in [0.29, 0.717) is 32.2 Å². The first-order chi connectivity index (χ1) is 13.4. The van der Waals surface area contributed by atoms with Gasteiger partial charge in [-0.1, -0.05) is 30.3 Å². The van der Waals surface area contributed by atoms with Crippen LogP contribution in [0.3, 0.4) is 0 Å². The predicted octanol–water partition coefficient (Wildman–Crippen LogP) is 0.865. The second-order valence-electron chi connectivity index (χ2n) is 7.16. The molecular weight excluding hydrogens is 359 g/mol. The molecule has 0 aliphatic carbocycles. The zero-order valence-corrected chi connectivity index (χ0v) is 16.8. The summed E-state index contributed by atoms with van der Waals surface area (Å²) >= 11 is 0. The van der Waals surface area contributed by atoms with Crippen molar-refractivity contribution in [3.8, 4) is 0 Å². The minimum Gasteiger partial charge on any atom is -0.480 e. The van der Waals surface area contributed by atoms with Crippen LogP contribution >= 0.6 is 0 Å². The number of benzene rings is 1. The Kier molecular flexibility index (Phi) is 8.05. The molecule has 3 atom stereocenters. The lowest BCUT2D eigenvalue weighted by molar-refractivity contribution is -0.153. The molecule has 1 N–H and O–H groups in total. The molecule has 0 spiro atoms. The van der Waals surface area contributed by atoms with Crippen LogP contribution in [-0.4, -0.2) is 71.9 Å². The Morgan fingerprint density at radius 1 is 1.32 bits per heavy atom. The third-order valence-electron chi connectivity index (χ3n) is 5.39. The number of carbonyl (C=O) groups is 3. The standard InChI is InChI=1S/C20H29BN2O5/c1-3-28-20(27)17(12-11-15-8-5-4-6-9-15)23(21)14(2)18(24)22-13-7-10-16(22)19(25)26/h4-6,8-9,14,16-17H,3,7,10-13,21H2,1-2H3,(H,25,26)/t14-,16-,17-/m0/s1. The predicted molar refractivity (Wildman–Crippen MR) is 107 cm³/mol. The molecule has 0 aromatic heterocycles. The molecule has 1 heterocycles. The molecule has 1 aliphatic rings. The van der Waals surface area contributed by atoms with E-state index in [4.69, 9.17) is 4.74 Å². The van der Waals surface area contributed by atoms with Crippen LogP contribution in [0.4, 0.5) is 0 Å². The van der Waals surface area contributed by atoms with Crippen LogP contribution in [0.2, 0.25) is 0 Å². The monoisotopic (exact) mass is 388 g/mol. The molecule has 0 radical (unpaired) electrons. The molecule has 1 saturated heterocycles. The van der Waals surface area contributed by atoms with Gasteiger partial charge in [0.25, 0.3) is 0 Å². The zero-order valence-electron chi connectivity index (χ0n) is 16.8. The number of ether oxygens (including phenoxy) is 1. The normalized spacial score (nSPS) is 18.7. The summed E-state index contributed by atoms with van der Waals surface area (Å²) in [5, 5.41) is 9.35. The number of esters is 1. The van der Waals surface area contributed by atoms with E-state index in [0.717, 1.165) is 5.56 Å². The maximum atomic E-state index is 12.9. The van der Waals surface area contributed by atoms with E-state index in [1.165, 1.54) is 4.90 Å². The summed E-state index contributed by atoms with van der Waals surface area (Å²) in [5.74, 6) is -1.61. The van der Waals surface area contributed by atoms with Gasteiger partial charge in [0.1, 0.15) is 6.04 Å². The van der Waals surface area contributed by atoms with Crippen LogP contribution in [0.15, 0.2) is 30.3 Å². The number of aryl methyl sites for hydroxylation is 1. The Morgan fingerprint density at radius 2 is 2.00 bits per heavy atom. The lowest BCUT2D eigenvalue weighted by Crippen LogP contribution is -2.54. The van der Waals surface area contributed by atoms with Crippen molar-refractivity contribution < 1.29 is 24.2 Å². The van der Waals surface area contributed by atoms with E-state index in [1.54, 1.807) is 26.6 Å². The number of hydrogen-bond donors (Lipinski definition) is 1. The first kappa shape index (κ1) is 21.9. The Bertz CT molecular complexity index is 684. The number of rotatable bonds is 9. The number of carboxylic acids is 1. The second kappa shape index (κ2) is 10.3. The molecule has 0 bridgehead atoms. The maximum Gasteiger partial charge on any atom is 0.326 e. The van der Waals surface area contributed by atoms with Crippen LogP contribution in [-0.2, 0) is 25.5 Å². The summed E-state index contributed by atoms with van der Waals surface area (Å²) in [6.07, 6.45) is 2.33. The summed E-state index contributed by atoms with van der Waals surface area (Å²) in [4.78, 5) is 40.0. The summed E-state index contributed by atoms with van der Waals surface area (Å²) in [6, 6.07) is 7.85. The van der Waals surface area contributed by atoms with E-state index < -0.39 is 24.1 Å². The van der Waals surface area contributed by atoms with Gasteiger partial charge in [0.2, 0.25) is 5.91 Å². The molecule has 1 aromatic rings. The molecule has 7 nitrogen and oxygen atoms in total. The van der Waals surface area contributed by atoms with E-state index >= 15 is 0 Å². The third kappa shape index (κ3) is 5.35. The molecule has 1 fully saturated rings. The fourth-order valence-electron chi connectivity index (χ4n) is 3.65. The largest absolute Gasteiger partial charge is 0.480 e. The Morgan fingerprint density at radius 3 is 2.61 bits per heavy atom. The van der Waals surface area contributed by atoms with Crippen LogP contribution in [0.5, 0.6) is 0 Å². The van der Waals surface area contributed by atoms with Gasteiger partial charge in [-0.15, -0.1) is 0 Å². The average molecular weight is 388 g/mol. The Labute approximate surface area is 167 Å². The van der Waals surface area contributed by atoms with E-state index in [2.05, 4.69) is 0 Å². The topological polar surface area (TPSA) is 87.2 Å². The van der Waals surface area contributed by atoms with Gasteiger partial charge in [-0.3, -0.25) is 9.59 Å². The average Bonchev–Trinajstić information content (AvgIpc) is 3.18. The zero-order chi connectivity index (χ0) is 20.7. The molecule has 1 amide bonds. The van der Waals surface area contributed by atoms with Gasteiger partial charge in [0, 0.05) is 6.54 Å². The van der Waals surface area contributed by atoms with Crippen LogP contribution in [0, 0.1) is 0 Å². The fraction of sp³-hybridized carbons (Fsp3) is 0.550. The van der Waals surface area contributed by atoms with Gasteiger partial charge in [0.05, 0.1) is 18.7 Å². The number of aliphatic carboxylic acids is 1. The minimum absolute atomic E-state index is 0.263. The quantitative estimate of drug-likeness (QED) is 0.499. The second-order valence-corrected chi connectivity index (χ2v) is 7.16. The number of carbonyl (C=O) groups excluding carboxylic acids is 2. The molecule has 0 unspecified atom stereocenters. The highest BCUT2D eigenvalue weighted by molar-refractivity contribution is 6.09. The number of likely N-dealkylation sites (tertiary alicyclic amines) is 1. The van der Waals surface area contributed by atoms with Crippen molar-refractivity contribution in [2.75, 3.05) is 13.2 Å². The summed E-state index contributed by atoms with van der Waals surface area (Å²) in [5.41, 5.74) is 1.11. The summed E-state index contributed by atoms with van der Waals surface area (Å²) < 4.78 is 5.23. The molecule has 28 heavy (non-hydrogen) atoms. The SMILES string of the molecule is BN([C@@H](C)C(=O)N1CCC[C@H]1C(=O)O)[C@@H](CCc1ccccc1)C(=O)OCC. The lowest BCUT2D eigenvalue weighted by atomic mass is 9.99. The lowest BCUT2D eigenvalue weighted by Gasteiger charge is -2.34. The van der Waals surface area contributed by atoms with Gasteiger partial charge in [-0.2, -0.15) is 0 Å². The summed E-state index contributed by atoms with van der Waals surface area (Å²) in [6.45, 7) is 4.17. The third-order valence-corrected chi connectivity index (χ3v) is 5.39. The highest BCUT2D eigenvalue weighted by Crippen LogP contribution is 2.21. The first-order valence-corrected chi connectivity index (χ1v) is 9.82. The van der Waals surface area contributed by atoms with Gasteiger partial charge in [-0.05, 0) is 45.1 Å². The van der Waals surface area contributed by atoms with E-state index in [-0.39, 0.29) is 18.5 Å². The van der Waals surface area contributed by atoms with Crippen molar-refractivity contribution in [1.29, 1.82) is 0 Å². The minimum atomic E-state index is -0.980. The van der Waals surface area contributed by atoms with Crippen molar-refractivity contribution in [2.24, 2.45) is 0 Å². The Hall–Kier alpha value is -2.35. The van der Waals surface area contributed by atoms with Crippen LogP contribution in [0.1, 0.15) is 38.7 Å². The molecule has 1 aliphatic heterocycles. The molecule has 1 aromatic carbocycles. The van der Waals surface area contributed by atoms with Gasteiger partial charge in [-0.25, -0.2) is 4.79 Å². The Balaban J connectivity index is 2.10. The van der Waals surface area contributed by atoms with Crippen molar-refractivity contribution in [2.45, 2.75) is 57.7 Å². The number of carboxylic acid groups (broad SMARTS) is 1. The summed E-state index contributed by atoms with van der Waals surface area (Å²) in [7, 11) is 1.72. The van der Waals surface area contributed by atoms with Crippen LogP contribution in [0.25, 0.3) is 0 Å². The molecular formula is C20H29BN2O5. The molecule has 8 heteroatoms. The van der Waals surface area contributed by atoms with Gasteiger partial charge >= 0.3 is 11.9 Å². The fourth-order valence-corrected chi connectivity index (χ4v) is 3.65. The smallest absolute Gasteiger partial charge is 0.326 e. The van der Waals surface area contributed by atoms with Crippen molar-refractivity contribution in [3.05, 3.63) is 35.9 Å². The van der Waals surface area contributed by atoms with Crippen molar-refractivity contribution in [1.82, 2.24) is 9.71 Å². The van der Waals surface area contributed by atoms with Gasteiger partial charge in [0.15, 0.2) is 7.98 Å². The molecule has 0 saturated carbocycles. The van der Waals surface area contributed by atoms with E-state index in [9.17, 15) is 19.5 Å². The number of nitrogens with zero attached hydrogens (tertiary/aromatic N) is 2. The van der Waals surface area contributed by atoms with E-state index in [1.807, 2.05) is 30.3 Å². The number of hydrogen-bond acceptors (Lipinski definition) is 5. The van der Waals surface area contributed by atoms with Crippen molar-refractivity contribution >= 4 is 25.8 Å². The highest BCUT2D eigenvalue weighted by Gasteiger charge is 2.38. The first-order valence-electron chi connectivity index (χ1n) is 9.82. The maximum absolute atomic E-state index is 12.9. The number of amides is 1. The van der Waals surface area contributed by atoms with Crippen LogP contribution < -0.4 is 0 Å². The van der Waals surface area contributed by atoms with Gasteiger partial charge < -0.3 is 19.6 Å². The molecule has 2 rings (SSSR count). The highest BCUT2D eigenvalue weighted by atomic mass is 16.5. The van der Waals surface area contributed by atoms with Crippen molar-refractivity contribution in [3.63, 3.8) is 0 Å².